The zero-order valence-corrected chi connectivity index (χ0v) is 11.8. The second-order valence-electron chi connectivity index (χ2n) is 5.15. The van der Waals surface area contributed by atoms with Gasteiger partial charge in [-0.15, -0.1) is 23.5 Å². The van der Waals surface area contributed by atoms with Crippen LogP contribution in [0.4, 0.5) is 0 Å². The topological polar surface area (TPSA) is 12.9 Å². The number of thioether (sulfide) groups is 2. The second-order valence-corrected chi connectivity index (χ2v) is 8.03. The van der Waals surface area contributed by atoms with Crippen LogP contribution in [0.15, 0.2) is 24.5 Å². The Hall–Kier alpha value is -0.150. The van der Waals surface area contributed by atoms with Gasteiger partial charge < -0.3 is 0 Å². The van der Waals surface area contributed by atoms with E-state index in [4.69, 9.17) is 0 Å². The summed E-state index contributed by atoms with van der Waals surface area (Å²) in [4.78, 5) is 4.13. The van der Waals surface area contributed by atoms with Gasteiger partial charge in [-0.2, -0.15) is 0 Å². The SMILES string of the molecule is CC(C)(C)C1(c2ccncc2)SCCCS1. The largest absolute Gasteiger partial charge is 0.265 e. The molecule has 1 aliphatic heterocycles. The maximum absolute atomic E-state index is 4.13. The van der Waals surface area contributed by atoms with Crippen LogP contribution >= 0.6 is 23.5 Å². The van der Waals surface area contributed by atoms with Gasteiger partial charge in [0.2, 0.25) is 0 Å². The van der Waals surface area contributed by atoms with E-state index in [0.29, 0.717) is 0 Å². The molecular formula is C13H19NS2. The third-order valence-electron chi connectivity index (χ3n) is 2.95. The molecule has 1 aromatic heterocycles. The van der Waals surface area contributed by atoms with Crippen molar-refractivity contribution in [1.82, 2.24) is 4.98 Å². The van der Waals surface area contributed by atoms with Crippen molar-refractivity contribution in [1.29, 1.82) is 0 Å². The molecule has 0 bridgehead atoms. The maximum Gasteiger partial charge on any atom is 0.0909 e. The van der Waals surface area contributed by atoms with Crippen molar-refractivity contribution in [2.24, 2.45) is 5.41 Å². The molecule has 0 unspecified atom stereocenters. The Labute approximate surface area is 107 Å². The van der Waals surface area contributed by atoms with Crippen molar-refractivity contribution in [3.05, 3.63) is 30.1 Å². The second kappa shape index (κ2) is 4.61. The fraction of sp³-hybridized carbons (Fsp3) is 0.615. The number of pyridine rings is 1. The summed E-state index contributed by atoms with van der Waals surface area (Å²) in [6.45, 7) is 7.04. The highest BCUT2D eigenvalue weighted by Crippen LogP contribution is 2.59. The van der Waals surface area contributed by atoms with Crippen molar-refractivity contribution < 1.29 is 0 Å². The van der Waals surface area contributed by atoms with Gasteiger partial charge in [0.15, 0.2) is 0 Å². The molecule has 0 spiro atoms. The fourth-order valence-corrected chi connectivity index (χ4v) is 5.78. The highest BCUT2D eigenvalue weighted by Gasteiger charge is 2.45. The molecule has 0 aliphatic carbocycles. The van der Waals surface area contributed by atoms with Crippen LogP contribution in [0.2, 0.25) is 0 Å². The minimum absolute atomic E-state index is 0.203. The van der Waals surface area contributed by atoms with Gasteiger partial charge in [0.1, 0.15) is 0 Å². The molecule has 3 heteroatoms. The number of hydrogen-bond acceptors (Lipinski definition) is 3. The highest BCUT2D eigenvalue weighted by molar-refractivity contribution is 8.18. The van der Waals surface area contributed by atoms with Crippen LogP contribution < -0.4 is 0 Å². The van der Waals surface area contributed by atoms with Gasteiger partial charge in [0.25, 0.3) is 0 Å². The molecule has 0 radical (unpaired) electrons. The van der Waals surface area contributed by atoms with Crippen LogP contribution in [0.5, 0.6) is 0 Å². The van der Waals surface area contributed by atoms with Gasteiger partial charge in [-0.1, -0.05) is 20.8 Å². The van der Waals surface area contributed by atoms with Crippen molar-refractivity contribution in [2.45, 2.75) is 31.3 Å². The lowest BCUT2D eigenvalue weighted by atomic mass is 9.87. The number of aromatic nitrogens is 1. The van der Waals surface area contributed by atoms with E-state index in [1.54, 1.807) is 0 Å². The Morgan fingerprint density at radius 2 is 1.69 bits per heavy atom. The van der Waals surface area contributed by atoms with E-state index >= 15 is 0 Å². The molecule has 1 fully saturated rings. The first kappa shape index (κ1) is 12.3. The van der Waals surface area contributed by atoms with Crippen LogP contribution in [0, 0.1) is 5.41 Å². The molecule has 0 atom stereocenters. The molecule has 1 aromatic rings. The number of hydrogen-bond donors (Lipinski definition) is 0. The zero-order chi connectivity index (χ0) is 11.6. The molecule has 1 saturated heterocycles. The molecule has 0 amide bonds. The van der Waals surface area contributed by atoms with Crippen LogP contribution in [0.3, 0.4) is 0 Å². The molecule has 2 rings (SSSR count). The molecule has 88 valence electrons. The van der Waals surface area contributed by atoms with E-state index in [9.17, 15) is 0 Å². The highest BCUT2D eigenvalue weighted by atomic mass is 32.2. The molecule has 16 heavy (non-hydrogen) atoms. The van der Waals surface area contributed by atoms with Crippen molar-refractivity contribution in [3.8, 4) is 0 Å². The summed E-state index contributed by atoms with van der Waals surface area (Å²) in [6.07, 6.45) is 5.16. The average Bonchev–Trinajstić information content (AvgIpc) is 2.30. The quantitative estimate of drug-likeness (QED) is 0.746. The molecule has 0 N–H and O–H groups in total. The van der Waals surface area contributed by atoms with Crippen molar-refractivity contribution in [2.75, 3.05) is 11.5 Å². The normalized spacial score (nSPS) is 20.7. The first-order valence-electron chi connectivity index (χ1n) is 5.75. The fourth-order valence-electron chi connectivity index (χ4n) is 2.14. The Bertz CT molecular complexity index is 337. The first-order valence-corrected chi connectivity index (χ1v) is 7.72. The minimum Gasteiger partial charge on any atom is -0.265 e. The first-order chi connectivity index (χ1) is 7.56. The maximum atomic E-state index is 4.13. The van der Waals surface area contributed by atoms with E-state index in [-0.39, 0.29) is 9.49 Å². The van der Waals surface area contributed by atoms with Crippen molar-refractivity contribution >= 4 is 23.5 Å². The zero-order valence-electron chi connectivity index (χ0n) is 10.2. The summed E-state index contributed by atoms with van der Waals surface area (Å²) in [5, 5.41) is 0. The van der Waals surface area contributed by atoms with Gasteiger partial charge in [-0.05, 0) is 41.0 Å². The van der Waals surface area contributed by atoms with E-state index in [1.165, 1.54) is 23.5 Å². The van der Waals surface area contributed by atoms with Gasteiger partial charge >= 0.3 is 0 Å². The van der Waals surface area contributed by atoms with E-state index in [2.05, 4.69) is 61.4 Å². The lowest BCUT2D eigenvalue weighted by Crippen LogP contribution is -2.36. The summed E-state index contributed by atoms with van der Waals surface area (Å²) in [6, 6.07) is 4.35. The molecule has 0 saturated carbocycles. The Balaban J connectivity index is 2.42. The minimum atomic E-state index is 0.203. The lowest BCUT2D eigenvalue weighted by Gasteiger charge is -2.46. The van der Waals surface area contributed by atoms with E-state index in [1.807, 2.05) is 12.4 Å². The summed E-state index contributed by atoms with van der Waals surface area (Å²) in [5.41, 5.74) is 1.69. The predicted molar refractivity (Wildman–Crippen MR) is 74.9 cm³/mol. The van der Waals surface area contributed by atoms with Crippen LogP contribution in [0.25, 0.3) is 0 Å². The number of rotatable bonds is 1. The lowest BCUT2D eigenvalue weighted by molar-refractivity contribution is 0.371. The van der Waals surface area contributed by atoms with Gasteiger partial charge in [0.05, 0.1) is 4.08 Å². The monoisotopic (exact) mass is 253 g/mol. The van der Waals surface area contributed by atoms with Gasteiger partial charge in [-0.25, -0.2) is 0 Å². The smallest absolute Gasteiger partial charge is 0.0909 e. The third kappa shape index (κ3) is 2.12. The Morgan fingerprint density at radius 3 is 2.19 bits per heavy atom. The Kier molecular flexibility index (Phi) is 3.55. The van der Waals surface area contributed by atoms with E-state index in [0.717, 1.165) is 0 Å². The summed E-state index contributed by atoms with van der Waals surface area (Å²) in [5.74, 6) is 2.54. The standard InChI is InChI=1S/C13H19NS2/c1-12(2,3)13(15-9-4-10-16-13)11-5-7-14-8-6-11/h5-8H,4,9-10H2,1-3H3. The summed E-state index contributed by atoms with van der Waals surface area (Å²) in [7, 11) is 0. The number of nitrogens with zero attached hydrogens (tertiary/aromatic N) is 1. The predicted octanol–water partition coefficient (Wildman–Crippen LogP) is 4.15. The summed E-state index contributed by atoms with van der Waals surface area (Å²) < 4.78 is 0.203. The van der Waals surface area contributed by atoms with Gasteiger partial charge in [0, 0.05) is 12.4 Å². The molecule has 0 aromatic carbocycles. The molecule has 1 aliphatic rings. The van der Waals surface area contributed by atoms with Gasteiger partial charge in [-0.3, -0.25) is 4.98 Å². The van der Waals surface area contributed by atoms with E-state index < -0.39 is 0 Å². The van der Waals surface area contributed by atoms with Crippen LogP contribution in [-0.2, 0) is 4.08 Å². The average molecular weight is 253 g/mol. The molecule has 2 heterocycles. The third-order valence-corrected chi connectivity index (χ3v) is 7.15. The molecular weight excluding hydrogens is 234 g/mol. The van der Waals surface area contributed by atoms with Crippen LogP contribution in [0.1, 0.15) is 32.8 Å². The van der Waals surface area contributed by atoms with Crippen molar-refractivity contribution in [3.63, 3.8) is 0 Å². The Morgan fingerprint density at radius 1 is 1.12 bits per heavy atom. The summed E-state index contributed by atoms with van der Waals surface area (Å²) >= 11 is 4.21. The molecule has 1 nitrogen and oxygen atoms in total. The van der Waals surface area contributed by atoms with Crippen LogP contribution in [-0.4, -0.2) is 16.5 Å².